The van der Waals surface area contributed by atoms with Gasteiger partial charge < -0.3 is 14.2 Å². The Labute approximate surface area is 77.1 Å². The van der Waals surface area contributed by atoms with E-state index in [0.29, 0.717) is 13.0 Å². The van der Waals surface area contributed by atoms with E-state index in [-0.39, 0.29) is 24.1 Å². The van der Waals surface area contributed by atoms with Crippen LogP contribution in [0, 0.1) is 0 Å². The first kappa shape index (κ1) is 9.12. The van der Waals surface area contributed by atoms with Gasteiger partial charge in [-0.25, -0.2) is 0 Å². The van der Waals surface area contributed by atoms with Crippen molar-refractivity contribution in [1.82, 2.24) is 0 Å². The molecule has 4 heteroatoms. The lowest BCUT2D eigenvalue weighted by molar-refractivity contribution is -0.168. The number of hydrogen-bond donors (Lipinski definition) is 0. The second-order valence-corrected chi connectivity index (χ2v) is 3.49. The zero-order valence-corrected chi connectivity index (χ0v) is 7.69. The topological polar surface area (TPSA) is 44.8 Å². The average Bonchev–Trinajstić information content (AvgIpc) is 2.56. The zero-order valence-electron chi connectivity index (χ0n) is 7.69. The normalized spacial score (nSPS) is 39.2. The summed E-state index contributed by atoms with van der Waals surface area (Å²) in [7, 11) is 1.54. The number of rotatable bonds is 3. The second-order valence-electron chi connectivity index (χ2n) is 3.49. The molecule has 3 unspecified atom stereocenters. The molecular weight excluding hydrogens is 172 g/mol. The molecule has 1 aliphatic heterocycles. The van der Waals surface area contributed by atoms with Gasteiger partial charge in [0, 0.05) is 20.1 Å². The van der Waals surface area contributed by atoms with Crippen LogP contribution in [0.15, 0.2) is 0 Å². The maximum atomic E-state index is 11.0. The fraction of sp³-hybridized carbons (Fsp3) is 0.889. The minimum Gasteiger partial charge on any atom is -0.379 e. The molecule has 0 aromatic heterocycles. The van der Waals surface area contributed by atoms with Crippen molar-refractivity contribution in [3.05, 3.63) is 0 Å². The Bertz CT molecular complexity index is 198. The van der Waals surface area contributed by atoms with Crippen molar-refractivity contribution >= 4 is 5.78 Å². The Hall–Kier alpha value is -0.450. The Kier molecular flexibility index (Phi) is 2.62. The third-order valence-corrected chi connectivity index (χ3v) is 2.57. The molecule has 0 N–H and O–H groups in total. The van der Waals surface area contributed by atoms with E-state index in [0.717, 1.165) is 13.0 Å². The molecule has 2 rings (SSSR count). The highest BCUT2D eigenvalue weighted by Gasteiger charge is 2.42. The predicted octanol–water partition coefficient (Wildman–Crippen LogP) is 0.148. The number of methoxy groups -OCH3 is 1. The molecule has 1 heterocycles. The van der Waals surface area contributed by atoms with Crippen LogP contribution >= 0.6 is 0 Å². The van der Waals surface area contributed by atoms with Crippen molar-refractivity contribution in [3.63, 3.8) is 0 Å². The van der Waals surface area contributed by atoms with Gasteiger partial charge in [0.2, 0.25) is 0 Å². The largest absolute Gasteiger partial charge is 0.379 e. The first-order valence-electron chi connectivity index (χ1n) is 4.60. The third kappa shape index (κ3) is 1.75. The van der Waals surface area contributed by atoms with Crippen LogP contribution < -0.4 is 0 Å². The van der Waals surface area contributed by atoms with Gasteiger partial charge in [-0.15, -0.1) is 0 Å². The molecule has 0 spiro atoms. The minimum atomic E-state index is -0.333. The van der Waals surface area contributed by atoms with Gasteiger partial charge in [0.1, 0.15) is 6.10 Å². The molecule has 74 valence electrons. The summed E-state index contributed by atoms with van der Waals surface area (Å²) >= 11 is 0. The second kappa shape index (κ2) is 3.74. The minimum absolute atomic E-state index is 0.0378. The molecule has 2 fully saturated rings. The Morgan fingerprint density at radius 3 is 2.92 bits per heavy atom. The van der Waals surface area contributed by atoms with Gasteiger partial charge in [-0.2, -0.15) is 0 Å². The third-order valence-electron chi connectivity index (χ3n) is 2.57. The maximum Gasteiger partial charge on any atom is 0.166 e. The summed E-state index contributed by atoms with van der Waals surface area (Å²) in [4.78, 5) is 11.0. The van der Waals surface area contributed by atoms with E-state index in [1.165, 1.54) is 0 Å². The van der Waals surface area contributed by atoms with E-state index in [2.05, 4.69) is 0 Å². The monoisotopic (exact) mass is 186 g/mol. The Morgan fingerprint density at radius 2 is 2.38 bits per heavy atom. The number of Topliss-reactive ketones (excluding diaryl/α,β-unsaturated/α-hetero) is 1. The Morgan fingerprint density at radius 1 is 1.54 bits per heavy atom. The average molecular weight is 186 g/mol. The number of carbonyl (C=O) groups excluding carboxylic acids is 1. The van der Waals surface area contributed by atoms with Crippen molar-refractivity contribution < 1.29 is 19.0 Å². The molecule has 0 radical (unpaired) electrons. The highest BCUT2D eigenvalue weighted by molar-refractivity contribution is 5.90. The molecular formula is C9H14O4. The molecule has 1 saturated carbocycles. The van der Waals surface area contributed by atoms with Crippen LogP contribution in [0.3, 0.4) is 0 Å². The number of carbonyl (C=O) groups is 1. The van der Waals surface area contributed by atoms with E-state index in [4.69, 9.17) is 14.2 Å². The quantitative estimate of drug-likeness (QED) is 0.629. The summed E-state index contributed by atoms with van der Waals surface area (Å²) in [5.74, 6) is 0.145. The van der Waals surface area contributed by atoms with Gasteiger partial charge in [0.05, 0.1) is 18.8 Å². The lowest BCUT2D eigenvalue weighted by atomic mass is 9.90. The van der Waals surface area contributed by atoms with Crippen LogP contribution in [-0.4, -0.2) is 44.4 Å². The highest BCUT2D eigenvalue weighted by atomic mass is 16.6. The van der Waals surface area contributed by atoms with Crippen LogP contribution in [0.5, 0.6) is 0 Å². The first-order chi connectivity index (χ1) is 6.31. The highest BCUT2D eigenvalue weighted by Crippen LogP contribution is 2.25. The molecule has 1 saturated heterocycles. The Balaban J connectivity index is 1.78. The zero-order chi connectivity index (χ0) is 9.26. The fourth-order valence-electron chi connectivity index (χ4n) is 1.74. The van der Waals surface area contributed by atoms with Crippen molar-refractivity contribution in [2.75, 3.05) is 20.3 Å². The summed E-state index contributed by atoms with van der Waals surface area (Å²) in [5, 5.41) is 0. The SMILES string of the molecule is COC1C(=O)CC1OC1CCOC1. The van der Waals surface area contributed by atoms with Gasteiger partial charge in [-0.1, -0.05) is 0 Å². The standard InChI is InChI=1S/C9H14O4/c1-11-9-7(10)4-8(9)13-6-2-3-12-5-6/h6,8-9H,2-5H2,1H3. The maximum absolute atomic E-state index is 11.0. The fourth-order valence-corrected chi connectivity index (χ4v) is 1.74. The van der Waals surface area contributed by atoms with Crippen molar-refractivity contribution in [2.24, 2.45) is 0 Å². The lowest BCUT2D eigenvalue weighted by Crippen LogP contribution is -2.51. The lowest BCUT2D eigenvalue weighted by Gasteiger charge is -2.34. The van der Waals surface area contributed by atoms with E-state index in [1.807, 2.05) is 0 Å². The van der Waals surface area contributed by atoms with Gasteiger partial charge >= 0.3 is 0 Å². The molecule has 0 aromatic carbocycles. The van der Waals surface area contributed by atoms with Crippen LogP contribution in [0.1, 0.15) is 12.8 Å². The molecule has 0 amide bonds. The van der Waals surface area contributed by atoms with Crippen LogP contribution in [0.2, 0.25) is 0 Å². The van der Waals surface area contributed by atoms with Gasteiger partial charge in [-0.3, -0.25) is 4.79 Å². The first-order valence-corrected chi connectivity index (χ1v) is 4.60. The van der Waals surface area contributed by atoms with Gasteiger partial charge in [-0.05, 0) is 6.42 Å². The van der Waals surface area contributed by atoms with E-state index >= 15 is 0 Å². The molecule has 2 aliphatic rings. The van der Waals surface area contributed by atoms with Crippen LogP contribution in [0.4, 0.5) is 0 Å². The summed E-state index contributed by atoms with van der Waals surface area (Å²) in [6, 6.07) is 0. The molecule has 0 aromatic rings. The number of ether oxygens (including phenoxy) is 3. The van der Waals surface area contributed by atoms with Crippen LogP contribution in [0.25, 0.3) is 0 Å². The summed E-state index contributed by atoms with van der Waals surface area (Å²) in [5.41, 5.74) is 0. The van der Waals surface area contributed by atoms with E-state index in [9.17, 15) is 4.79 Å². The van der Waals surface area contributed by atoms with E-state index in [1.54, 1.807) is 7.11 Å². The molecule has 13 heavy (non-hydrogen) atoms. The summed E-state index contributed by atoms with van der Waals surface area (Å²) in [6.45, 7) is 1.42. The molecule has 1 aliphatic carbocycles. The van der Waals surface area contributed by atoms with Crippen molar-refractivity contribution in [3.8, 4) is 0 Å². The summed E-state index contributed by atoms with van der Waals surface area (Å²) < 4.78 is 15.8. The van der Waals surface area contributed by atoms with Gasteiger partial charge in [0.15, 0.2) is 5.78 Å². The molecule has 3 atom stereocenters. The van der Waals surface area contributed by atoms with Crippen LogP contribution in [-0.2, 0) is 19.0 Å². The number of hydrogen-bond acceptors (Lipinski definition) is 4. The van der Waals surface area contributed by atoms with Crippen molar-refractivity contribution in [2.45, 2.75) is 31.2 Å². The molecule has 4 nitrogen and oxygen atoms in total. The predicted molar refractivity (Wildman–Crippen MR) is 44.5 cm³/mol. The van der Waals surface area contributed by atoms with Crippen molar-refractivity contribution in [1.29, 1.82) is 0 Å². The summed E-state index contributed by atoms with van der Waals surface area (Å²) in [6.07, 6.45) is 1.22. The molecule has 0 bridgehead atoms. The smallest absolute Gasteiger partial charge is 0.166 e. The van der Waals surface area contributed by atoms with E-state index < -0.39 is 0 Å². The number of ketones is 1. The van der Waals surface area contributed by atoms with Gasteiger partial charge in [0.25, 0.3) is 0 Å².